The monoisotopic (exact) mass is 375 g/mol. The third kappa shape index (κ3) is 6.28. The quantitative estimate of drug-likeness (QED) is 0.422. The third-order valence-corrected chi connectivity index (χ3v) is 5.97. The molecule has 0 aromatic rings. The molecule has 1 aliphatic heterocycles. The van der Waals surface area contributed by atoms with E-state index >= 15 is 0 Å². The minimum atomic E-state index is -0.971. The van der Waals surface area contributed by atoms with Crippen LogP contribution in [0.5, 0.6) is 0 Å². The molecule has 2 radical (unpaired) electrons. The van der Waals surface area contributed by atoms with E-state index in [-0.39, 0.29) is 0 Å². The Morgan fingerprint density at radius 2 is 1.73 bits per heavy atom. The van der Waals surface area contributed by atoms with Crippen LogP contribution in [0.3, 0.4) is 0 Å². The van der Waals surface area contributed by atoms with Gasteiger partial charge in [0.05, 0.1) is 0 Å². The van der Waals surface area contributed by atoms with Crippen molar-refractivity contribution in [3.63, 3.8) is 0 Å². The van der Waals surface area contributed by atoms with Crippen molar-refractivity contribution in [2.24, 2.45) is 16.1 Å². The Kier molecular flexibility index (Phi) is 9.68. The molecular weight excluding hydrogens is 340 g/mol. The van der Waals surface area contributed by atoms with E-state index in [0.29, 0.717) is 5.70 Å². The fourth-order valence-electron chi connectivity index (χ4n) is 3.15. The molecule has 1 fully saturated rings. The van der Waals surface area contributed by atoms with Gasteiger partial charge in [-0.05, 0) is 32.8 Å². The van der Waals surface area contributed by atoms with Gasteiger partial charge in [-0.1, -0.05) is 38.7 Å². The lowest BCUT2D eigenvalue weighted by atomic mass is 9.78. The number of hydrogen-bond donors (Lipinski definition) is 1. The Morgan fingerprint density at radius 1 is 1.19 bits per heavy atom. The number of nitrogens with two attached hydrogens (primary N) is 1. The molecule has 0 aromatic heterocycles. The van der Waals surface area contributed by atoms with Gasteiger partial charge in [-0.25, -0.2) is 4.39 Å². The Hall–Kier alpha value is -1.05. The molecule has 1 aliphatic rings. The molecule has 1 heterocycles. The first-order valence-electron chi connectivity index (χ1n) is 9.67. The Morgan fingerprint density at radius 3 is 2.19 bits per heavy atom. The lowest BCUT2D eigenvalue weighted by molar-refractivity contribution is 0.198. The van der Waals surface area contributed by atoms with Gasteiger partial charge in [0.2, 0.25) is 0 Å². The first kappa shape index (κ1) is 23.0. The molecule has 0 saturated carbocycles. The van der Waals surface area contributed by atoms with Crippen LogP contribution in [0.4, 0.5) is 4.39 Å². The molecule has 0 aliphatic carbocycles. The van der Waals surface area contributed by atoms with Gasteiger partial charge in [0, 0.05) is 48.7 Å². The molecule has 1 rings (SSSR count). The van der Waals surface area contributed by atoms with Gasteiger partial charge in [-0.2, -0.15) is 0 Å². The molecule has 1 atom stereocenters. The van der Waals surface area contributed by atoms with Gasteiger partial charge < -0.3 is 10.6 Å². The van der Waals surface area contributed by atoms with Gasteiger partial charge in [-0.15, -0.1) is 4.94 Å². The summed E-state index contributed by atoms with van der Waals surface area (Å²) < 4.78 is 14.1. The van der Waals surface area contributed by atoms with E-state index in [0.717, 1.165) is 29.9 Å². The zero-order chi connectivity index (χ0) is 19.7. The van der Waals surface area contributed by atoms with E-state index in [2.05, 4.69) is 26.2 Å². The Labute approximate surface area is 167 Å². The Balaban J connectivity index is 3.22. The van der Waals surface area contributed by atoms with Crippen molar-refractivity contribution in [1.29, 1.82) is 0 Å². The average molecular weight is 376 g/mol. The summed E-state index contributed by atoms with van der Waals surface area (Å²) in [5.41, 5.74) is 9.35. The first-order chi connectivity index (χ1) is 12.3. The highest BCUT2D eigenvalue weighted by Gasteiger charge is 2.30. The summed E-state index contributed by atoms with van der Waals surface area (Å²) in [4.78, 5) is 8.60. The Bertz CT molecular complexity index is 566. The minimum absolute atomic E-state index is 0.597. The summed E-state index contributed by atoms with van der Waals surface area (Å²) in [6.45, 7) is 9.48. The van der Waals surface area contributed by atoms with Gasteiger partial charge in [-0.3, -0.25) is 4.99 Å². The number of aliphatic imine (C=N–C) groups is 1. The maximum atomic E-state index is 14.1. The lowest BCUT2D eigenvalue weighted by Crippen LogP contribution is -2.28. The SMILES string of the molecule is CN=CC(/C(N)=C/C(=[CH]\[Al])N1CCCCCCC1)=C(\C)C(C)(C)C(C)F. The number of allylic oxidation sites excluding steroid dienone is 3. The van der Waals surface area contributed by atoms with Crippen LogP contribution < -0.4 is 5.73 Å². The number of rotatable bonds is 6. The molecule has 26 heavy (non-hydrogen) atoms. The van der Waals surface area contributed by atoms with Crippen LogP contribution in [0.15, 0.2) is 38.5 Å². The highest BCUT2D eigenvalue weighted by molar-refractivity contribution is 6.17. The minimum Gasteiger partial charge on any atom is -0.398 e. The van der Waals surface area contributed by atoms with Crippen molar-refractivity contribution < 1.29 is 4.39 Å². The molecule has 0 bridgehead atoms. The van der Waals surface area contributed by atoms with E-state index in [9.17, 15) is 4.39 Å². The summed E-state index contributed by atoms with van der Waals surface area (Å²) >= 11 is 2.69. The number of hydrogen-bond acceptors (Lipinski definition) is 3. The summed E-state index contributed by atoms with van der Waals surface area (Å²) in [6.07, 6.45) is 9.11. The molecule has 3 nitrogen and oxygen atoms in total. The molecule has 0 aromatic carbocycles. The normalized spacial score (nSPS) is 20.6. The fraction of sp³-hybridized carbons (Fsp3) is 0.667. The van der Waals surface area contributed by atoms with Crippen molar-refractivity contribution in [1.82, 2.24) is 4.90 Å². The lowest BCUT2D eigenvalue weighted by Gasteiger charge is -2.30. The van der Waals surface area contributed by atoms with Gasteiger partial charge in [0.15, 0.2) is 16.3 Å². The smallest absolute Gasteiger partial charge is 0.165 e. The maximum absolute atomic E-state index is 14.1. The van der Waals surface area contributed by atoms with Crippen LogP contribution in [0.25, 0.3) is 0 Å². The van der Waals surface area contributed by atoms with Crippen LogP contribution >= 0.6 is 0 Å². The summed E-state index contributed by atoms with van der Waals surface area (Å²) in [5.74, 6) is 0. The zero-order valence-electron chi connectivity index (χ0n) is 17.2. The first-order valence-corrected chi connectivity index (χ1v) is 10.3. The molecule has 144 valence electrons. The highest BCUT2D eigenvalue weighted by Crippen LogP contribution is 2.35. The molecule has 2 N–H and O–H groups in total. The van der Waals surface area contributed by atoms with E-state index in [4.69, 9.17) is 5.73 Å². The largest absolute Gasteiger partial charge is 0.398 e. The zero-order valence-corrected chi connectivity index (χ0v) is 18.3. The molecule has 1 unspecified atom stereocenters. The number of nitrogens with zero attached hydrogens (tertiary/aromatic N) is 2. The predicted molar refractivity (Wildman–Crippen MR) is 112 cm³/mol. The topological polar surface area (TPSA) is 41.6 Å². The molecule has 0 spiro atoms. The number of likely N-dealkylation sites (tertiary alicyclic amines) is 1. The molecule has 0 amide bonds. The number of halogens is 1. The van der Waals surface area contributed by atoms with Crippen molar-refractivity contribution in [2.75, 3.05) is 20.1 Å². The van der Waals surface area contributed by atoms with Crippen molar-refractivity contribution in [3.05, 3.63) is 33.6 Å². The van der Waals surface area contributed by atoms with Crippen LogP contribution in [0.2, 0.25) is 0 Å². The van der Waals surface area contributed by atoms with Gasteiger partial charge >= 0.3 is 0 Å². The van der Waals surface area contributed by atoms with E-state index in [1.165, 1.54) is 32.1 Å². The van der Waals surface area contributed by atoms with Crippen molar-refractivity contribution in [2.45, 2.75) is 66.0 Å². The molecule has 1 saturated heterocycles. The van der Waals surface area contributed by atoms with Crippen LogP contribution in [-0.4, -0.2) is 53.7 Å². The fourth-order valence-corrected chi connectivity index (χ4v) is 3.46. The van der Waals surface area contributed by atoms with E-state index in [1.807, 2.05) is 31.8 Å². The van der Waals surface area contributed by atoms with E-state index in [1.54, 1.807) is 20.2 Å². The van der Waals surface area contributed by atoms with Crippen LogP contribution in [0, 0.1) is 5.41 Å². The highest BCUT2D eigenvalue weighted by atomic mass is 27.0. The third-order valence-electron chi connectivity index (χ3n) is 5.63. The predicted octanol–water partition coefficient (Wildman–Crippen LogP) is 4.51. The summed E-state index contributed by atoms with van der Waals surface area (Å²) in [5, 5.41) is 0. The molecular formula is C21H35AlFN3. The van der Waals surface area contributed by atoms with Crippen LogP contribution in [-0.2, 0) is 0 Å². The number of alkyl halides is 1. The molecule has 5 heteroatoms. The average Bonchev–Trinajstić information content (AvgIpc) is 2.56. The second-order valence-electron chi connectivity index (χ2n) is 7.71. The second kappa shape index (κ2) is 10.9. The summed E-state index contributed by atoms with van der Waals surface area (Å²) in [6, 6.07) is 0. The van der Waals surface area contributed by atoms with Gasteiger partial charge in [0.1, 0.15) is 6.17 Å². The second-order valence-corrected chi connectivity index (χ2v) is 8.04. The van der Waals surface area contributed by atoms with Crippen molar-refractivity contribution >= 4 is 22.5 Å². The van der Waals surface area contributed by atoms with E-state index < -0.39 is 11.6 Å². The van der Waals surface area contributed by atoms with Crippen molar-refractivity contribution in [3.8, 4) is 0 Å². The standard InChI is InChI=1S/C21H35FN3.Al/c1-16(25-12-10-8-7-9-11-13-25)14-20(23)19(15-24-6)17(2)21(4,5)18(3)22;/h1,14-15,18H,7-13,23H2,2-6H3;/b16-1?,19-17-,20-14-,24-15?;. The van der Waals surface area contributed by atoms with Crippen LogP contribution in [0.1, 0.15) is 59.8 Å². The summed E-state index contributed by atoms with van der Waals surface area (Å²) in [7, 11) is 1.72. The van der Waals surface area contributed by atoms with Gasteiger partial charge in [0.25, 0.3) is 0 Å². The maximum Gasteiger partial charge on any atom is 0.165 e.